The molecule has 2 unspecified atom stereocenters. The zero-order chi connectivity index (χ0) is 29.3. The third kappa shape index (κ3) is 4.69. The SMILES string of the molecule is CO[C@@H]1C[C@H](O[C@H]2CC[C@]3(C)C4CC[C@]5(C)[C@@H](C6=CC(=O)OC6)[C@@H](OC(C)=O)C[C@]5(O)[C@@H]4CC[C@@H]3C2)OC(C)[C@@H]1N. The van der Waals surface area contributed by atoms with Crippen LogP contribution >= 0.6 is 0 Å². The maximum Gasteiger partial charge on any atom is 0.331 e. The molecule has 6 aliphatic rings. The Balaban J connectivity index is 1.19. The highest BCUT2D eigenvalue weighted by molar-refractivity contribution is 5.85. The Bertz CT molecular complexity index is 1080. The molecule has 0 aromatic heterocycles. The van der Waals surface area contributed by atoms with Crippen molar-refractivity contribution < 1.29 is 38.4 Å². The molecule has 4 aliphatic carbocycles. The highest BCUT2D eigenvalue weighted by Gasteiger charge is 2.71. The Morgan fingerprint density at radius 3 is 2.56 bits per heavy atom. The molecule has 0 bridgehead atoms. The number of methoxy groups -OCH3 is 1. The van der Waals surface area contributed by atoms with Crippen molar-refractivity contribution in [3.63, 3.8) is 0 Å². The van der Waals surface area contributed by atoms with Gasteiger partial charge in [0.05, 0.1) is 30.0 Å². The van der Waals surface area contributed by atoms with Gasteiger partial charge in [0, 0.05) is 44.3 Å². The predicted molar refractivity (Wildman–Crippen MR) is 149 cm³/mol. The molecule has 0 spiro atoms. The number of cyclic esters (lactones) is 1. The molecule has 0 aromatic rings. The lowest BCUT2D eigenvalue weighted by atomic mass is 9.43. The minimum atomic E-state index is -0.978. The van der Waals surface area contributed by atoms with Crippen LogP contribution in [0.1, 0.15) is 85.5 Å². The number of aliphatic hydroxyl groups is 1. The average Bonchev–Trinajstić information content (AvgIpc) is 3.42. The van der Waals surface area contributed by atoms with E-state index in [1.165, 1.54) is 6.92 Å². The van der Waals surface area contributed by atoms with Crippen molar-refractivity contribution in [1.29, 1.82) is 0 Å². The Kier molecular flexibility index (Phi) is 7.62. The van der Waals surface area contributed by atoms with Crippen molar-refractivity contribution >= 4 is 11.9 Å². The van der Waals surface area contributed by atoms with E-state index in [1.54, 1.807) is 13.2 Å². The fraction of sp³-hybridized carbons (Fsp3) is 0.875. The predicted octanol–water partition coefficient (Wildman–Crippen LogP) is 3.65. The highest BCUT2D eigenvalue weighted by Crippen LogP contribution is 2.70. The number of hydrogen-bond acceptors (Lipinski definition) is 9. The van der Waals surface area contributed by atoms with E-state index in [0.29, 0.717) is 24.7 Å². The van der Waals surface area contributed by atoms with Gasteiger partial charge < -0.3 is 34.5 Å². The van der Waals surface area contributed by atoms with Gasteiger partial charge in [0.2, 0.25) is 0 Å². The molecule has 2 aliphatic heterocycles. The number of ether oxygens (including phenoxy) is 5. The molecule has 4 saturated carbocycles. The summed E-state index contributed by atoms with van der Waals surface area (Å²) in [6, 6.07) is -0.152. The standard InChI is InChI=1S/C32H49NO8/c1-17-29(33)24(37-5)14-27(39-17)41-21-8-10-30(3)20(13-21)6-7-23-22(30)9-11-31(4)28(19-12-26(35)38-16-19)25(40-18(2)34)15-32(23,31)36/h12,17,20-25,27-29,36H,6-11,13-16,33H2,1-5H3/t17?,20-,21+,22?,23-,24-,25+,27+,28+,29+,30+,31-,32+/m1/s1. The van der Waals surface area contributed by atoms with Crippen molar-refractivity contribution in [2.75, 3.05) is 13.7 Å². The van der Waals surface area contributed by atoms with Gasteiger partial charge in [-0.2, -0.15) is 0 Å². The number of hydrogen-bond donors (Lipinski definition) is 2. The van der Waals surface area contributed by atoms with Crippen LogP contribution in [0.3, 0.4) is 0 Å². The maximum atomic E-state index is 12.7. The quantitative estimate of drug-likeness (QED) is 0.373. The van der Waals surface area contributed by atoms with E-state index in [4.69, 9.17) is 29.4 Å². The molecule has 41 heavy (non-hydrogen) atoms. The third-order valence-electron chi connectivity index (χ3n) is 12.6. The summed E-state index contributed by atoms with van der Waals surface area (Å²) in [5, 5.41) is 12.7. The lowest BCUT2D eigenvalue weighted by molar-refractivity contribution is -0.254. The Morgan fingerprint density at radius 1 is 1.10 bits per heavy atom. The zero-order valence-corrected chi connectivity index (χ0v) is 25.3. The van der Waals surface area contributed by atoms with Gasteiger partial charge in [-0.3, -0.25) is 4.79 Å². The summed E-state index contributed by atoms with van der Waals surface area (Å²) in [6.45, 7) is 8.22. The summed E-state index contributed by atoms with van der Waals surface area (Å²) in [7, 11) is 1.70. The van der Waals surface area contributed by atoms with Crippen LogP contribution < -0.4 is 5.73 Å². The smallest absolute Gasteiger partial charge is 0.331 e. The molecule has 0 radical (unpaired) electrons. The van der Waals surface area contributed by atoms with Crippen LogP contribution in [0, 0.1) is 34.5 Å². The average molecular weight is 576 g/mol. The van der Waals surface area contributed by atoms with Crippen molar-refractivity contribution in [3.05, 3.63) is 11.6 Å². The normalized spacial score (nSPS) is 51.2. The first kappa shape index (κ1) is 29.5. The van der Waals surface area contributed by atoms with Gasteiger partial charge in [0.1, 0.15) is 12.7 Å². The van der Waals surface area contributed by atoms with Gasteiger partial charge in [-0.25, -0.2) is 4.79 Å². The largest absolute Gasteiger partial charge is 0.462 e. The fourth-order valence-corrected chi connectivity index (χ4v) is 10.5. The van der Waals surface area contributed by atoms with Gasteiger partial charge in [-0.1, -0.05) is 13.8 Å². The molecule has 1 saturated heterocycles. The minimum absolute atomic E-state index is 0.0685. The molecule has 5 fully saturated rings. The van der Waals surface area contributed by atoms with E-state index in [1.807, 2.05) is 6.92 Å². The zero-order valence-electron chi connectivity index (χ0n) is 25.3. The molecular formula is C32H49NO8. The number of esters is 2. The first-order valence-corrected chi connectivity index (χ1v) is 15.8. The van der Waals surface area contributed by atoms with Crippen LogP contribution in [0.25, 0.3) is 0 Å². The van der Waals surface area contributed by atoms with Crippen LogP contribution in [0.4, 0.5) is 0 Å². The third-order valence-corrected chi connectivity index (χ3v) is 12.6. The molecule has 230 valence electrons. The number of nitrogens with two attached hydrogens (primary N) is 1. The summed E-state index contributed by atoms with van der Waals surface area (Å²) in [5.74, 6) is 0.0945. The summed E-state index contributed by atoms with van der Waals surface area (Å²) < 4.78 is 29.4. The summed E-state index contributed by atoms with van der Waals surface area (Å²) in [5.41, 5.74) is 5.75. The van der Waals surface area contributed by atoms with Gasteiger partial charge in [0.25, 0.3) is 0 Å². The summed E-state index contributed by atoms with van der Waals surface area (Å²) >= 11 is 0. The molecule has 3 N–H and O–H groups in total. The molecule has 9 nitrogen and oxygen atoms in total. The van der Waals surface area contributed by atoms with Crippen LogP contribution in [0.15, 0.2) is 11.6 Å². The van der Waals surface area contributed by atoms with Crippen LogP contribution in [-0.2, 0) is 33.3 Å². The summed E-state index contributed by atoms with van der Waals surface area (Å²) in [4.78, 5) is 24.2. The van der Waals surface area contributed by atoms with Crippen molar-refractivity contribution in [3.8, 4) is 0 Å². The molecule has 0 aromatic carbocycles. The van der Waals surface area contributed by atoms with E-state index in [0.717, 1.165) is 50.5 Å². The molecule has 9 heteroatoms. The molecule has 2 heterocycles. The summed E-state index contributed by atoms with van der Waals surface area (Å²) in [6.07, 6.45) is 8.65. The van der Waals surface area contributed by atoms with E-state index >= 15 is 0 Å². The lowest BCUT2D eigenvalue weighted by Gasteiger charge is -2.63. The topological polar surface area (TPSA) is 127 Å². The van der Waals surface area contributed by atoms with Gasteiger partial charge in [-0.15, -0.1) is 0 Å². The molecule has 13 atom stereocenters. The second-order valence-corrected chi connectivity index (χ2v) is 14.4. The fourth-order valence-electron chi connectivity index (χ4n) is 10.5. The molecule has 6 rings (SSSR count). The van der Waals surface area contributed by atoms with Gasteiger partial charge in [-0.05, 0) is 80.6 Å². The van der Waals surface area contributed by atoms with E-state index < -0.39 is 17.1 Å². The second-order valence-electron chi connectivity index (χ2n) is 14.4. The number of carbonyl (C=O) groups is 2. The van der Waals surface area contributed by atoms with E-state index in [-0.39, 0.29) is 66.4 Å². The van der Waals surface area contributed by atoms with Crippen molar-refractivity contribution in [2.45, 2.75) is 128 Å². The Labute approximate surface area is 243 Å². The lowest BCUT2D eigenvalue weighted by Crippen LogP contribution is -2.62. The second kappa shape index (κ2) is 10.6. The van der Waals surface area contributed by atoms with Crippen molar-refractivity contribution in [1.82, 2.24) is 0 Å². The van der Waals surface area contributed by atoms with Gasteiger partial charge >= 0.3 is 11.9 Å². The highest BCUT2D eigenvalue weighted by atomic mass is 16.7. The minimum Gasteiger partial charge on any atom is -0.462 e. The number of fused-ring (bicyclic) bond motifs is 5. The van der Waals surface area contributed by atoms with Crippen LogP contribution in [-0.4, -0.2) is 73.1 Å². The molecular weight excluding hydrogens is 526 g/mol. The molecule has 0 amide bonds. The van der Waals surface area contributed by atoms with Crippen molar-refractivity contribution in [2.24, 2.45) is 40.2 Å². The van der Waals surface area contributed by atoms with E-state index in [2.05, 4.69) is 13.8 Å². The monoisotopic (exact) mass is 575 g/mol. The van der Waals surface area contributed by atoms with E-state index in [9.17, 15) is 14.7 Å². The number of carbonyl (C=O) groups excluding carboxylic acids is 2. The van der Waals surface area contributed by atoms with Gasteiger partial charge in [0.15, 0.2) is 6.29 Å². The first-order chi connectivity index (χ1) is 19.4. The maximum absolute atomic E-state index is 12.7. The Morgan fingerprint density at radius 2 is 1.88 bits per heavy atom. The first-order valence-electron chi connectivity index (χ1n) is 15.8. The van der Waals surface area contributed by atoms with Crippen LogP contribution in [0.2, 0.25) is 0 Å². The van der Waals surface area contributed by atoms with Crippen LogP contribution in [0.5, 0.6) is 0 Å². The number of rotatable bonds is 5. The Hall–Kier alpha value is -1.52.